The van der Waals surface area contributed by atoms with Crippen LogP contribution in [-0.2, 0) is 10.3 Å². The van der Waals surface area contributed by atoms with Crippen LogP contribution in [0.4, 0.5) is 4.79 Å². The molecular weight excluding hydrogens is 366 g/mol. The zero-order valence-corrected chi connectivity index (χ0v) is 16.6. The summed E-state index contributed by atoms with van der Waals surface area (Å²) in [6.45, 7) is 3.39. The van der Waals surface area contributed by atoms with Gasteiger partial charge in [0.1, 0.15) is 0 Å². The molecule has 152 valence electrons. The molecule has 1 fully saturated rings. The summed E-state index contributed by atoms with van der Waals surface area (Å²) in [6.07, 6.45) is 1.40. The van der Waals surface area contributed by atoms with E-state index in [0.717, 1.165) is 17.5 Å². The molecule has 0 unspecified atom stereocenters. The lowest BCUT2D eigenvalue weighted by molar-refractivity contribution is -0.130. The number of urea groups is 1. The van der Waals surface area contributed by atoms with Crippen LogP contribution in [-0.4, -0.2) is 42.4 Å². The van der Waals surface area contributed by atoms with Gasteiger partial charge in [0, 0.05) is 19.6 Å². The number of hydrogen-bond donors (Lipinski definition) is 4. The zero-order valence-electron chi connectivity index (χ0n) is 16.6. The Morgan fingerprint density at radius 3 is 2.14 bits per heavy atom. The third-order valence-corrected chi connectivity index (χ3v) is 4.99. The summed E-state index contributed by atoms with van der Waals surface area (Å²) in [4.78, 5) is 26.5. The third-order valence-electron chi connectivity index (χ3n) is 4.99. The Morgan fingerprint density at radius 1 is 1.00 bits per heavy atom. The Balaban J connectivity index is 1.73. The summed E-state index contributed by atoms with van der Waals surface area (Å²) in [6, 6.07) is 18.8. The number of benzene rings is 2. The Bertz CT molecular complexity index is 815. The van der Waals surface area contributed by atoms with Gasteiger partial charge in [-0.25, -0.2) is 4.79 Å². The van der Waals surface area contributed by atoms with Gasteiger partial charge in [0.15, 0.2) is 11.5 Å². The maximum absolute atomic E-state index is 13.5. The zero-order chi connectivity index (χ0) is 20.7. The van der Waals surface area contributed by atoms with E-state index in [1.165, 1.54) is 4.90 Å². The molecule has 3 rings (SSSR count). The maximum Gasteiger partial charge on any atom is 0.314 e. The fourth-order valence-electron chi connectivity index (χ4n) is 3.57. The molecule has 0 aliphatic carbocycles. The summed E-state index contributed by atoms with van der Waals surface area (Å²) in [5.41, 5.74) is 0.515. The van der Waals surface area contributed by atoms with Crippen LogP contribution in [0, 0.1) is 5.41 Å². The van der Waals surface area contributed by atoms with Crippen molar-refractivity contribution in [3.8, 4) is 0 Å². The predicted molar refractivity (Wildman–Crippen MR) is 113 cm³/mol. The van der Waals surface area contributed by atoms with Crippen molar-refractivity contribution in [3.63, 3.8) is 0 Å². The van der Waals surface area contributed by atoms with Gasteiger partial charge in [-0.1, -0.05) is 60.7 Å². The highest BCUT2D eigenvalue weighted by Gasteiger charge is 2.51. The summed E-state index contributed by atoms with van der Waals surface area (Å²) in [5, 5.41) is 17.0. The summed E-state index contributed by atoms with van der Waals surface area (Å²) >= 11 is 0. The Labute approximate surface area is 171 Å². The normalized spacial score (nSPS) is 15.1. The maximum atomic E-state index is 13.5. The number of guanidine groups is 1. The topological polar surface area (TPSA) is 97.3 Å². The first-order chi connectivity index (χ1) is 14.1. The van der Waals surface area contributed by atoms with E-state index in [1.54, 1.807) is 0 Å². The second-order valence-corrected chi connectivity index (χ2v) is 6.91. The van der Waals surface area contributed by atoms with Crippen LogP contribution in [0.3, 0.4) is 0 Å². The van der Waals surface area contributed by atoms with E-state index in [-0.39, 0.29) is 17.9 Å². The molecule has 0 saturated carbocycles. The van der Waals surface area contributed by atoms with E-state index in [2.05, 4.69) is 16.0 Å². The molecule has 0 aromatic heterocycles. The van der Waals surface area contributed by atoms with Crippen LogP contribution >= 0.6 is 0 Å². The number of unbranched alkanes of at least 4 members (excludes halogenated alkanes) is 1. The average molecular weight is 393 g/mol. The molecule has 2 aromatic carbocycles. The molecule has 1 heterocycles. The van der Waals surface area contributed by atoms with Crippen LogP contribution in [0.2, 0.25) is 0 Å². The smallest absolute Gasteiger partial charge is 0.314 e. The third kappa shape index (κ3) is 4.23. The van der Waals surface area contributed by atoms with Crippen molar-refractivity contribution in [3.05, 3.63) is 71.8 Å². The van der Waals surface area contributed by atoms with E-state index >= 15 is 0 Å². The van der Waals surface area contributed by atoms with Crippen molar-refractivity contribution in [2.75, 3.05) is 19.6 Å². The fourth-order valence-corrected chi connectivity index (χ4v) is 3.57. The van der Waals surface area contributed by atoms with Crippen molar-refractivity contribution in [2.24, 2.45) is 0 Å². The van der Waals surface area contributed by atoms with E-state index in [9.17, 15) is 9.59 Å². The van der Waals surface area contributed by atoms with Crippen LogP contribution < -0.4 is 16.0 Å². The number of nitrogens with zero attached hydrogens (tertiary/aromatic N) is 1. The number of rotatable bonds is 8. The largest absolute Gasteiger partial charge is 0.338 e. The molecule has 7 nitrogen and oxygen atoms in total. The van der Waals surface area contributed by atoms with Gasteiger partial charge >= 0.3 is 6.03 Å². The van der Waals surface area contributed by atoms with Gasteiger partial charge in [0.05, 0.1) is 0 Å². The average Bonchev–Trinajstić information content (AvgIpc) is 3.00. The first kappa shape index (κ1) is 20.4. The van der Waals surface area contributed by atoms with Gasteiger partial charge in [-0.15, -0.1) is 0 Å². The molecule has 1 aliphatic rings. The van der Waals surface area contributed by atoms with Crippen molar-refractivity contribution >= 4 is 17.9 Å². The van der Waals surface area contributed by atoms with Gasteiger partial charge in [-0.05, 0) is 30.9 Å². The first-order valence-electron chi connectivity index (χ1n) is 9.91. The van der Waals surface area contributed by atoms with Crippen molar-refractivity contribution in [1.29, 1.82) is 5.41 Å². The molecule has 4 N–H and O–H groups in total. The molecule has 0 bridgehead atoms. The van der Waals surface area contributed by atoms with Crippen molar-refractivity contribution in [2.45, 2.75) is 25.3 Å². The van der Waals surface area contributed by atoms with Crippen LogP contribution in [0.1, 0.15) is 30.9 Å². The van der Waals surface area contributed by atoms with Gasteiger partial charge < -0.3 is 16.0 Å². The van der Waals surface area contributed by atoms with Crippen LogP contribution in [0.25, 0.3) is 0 Å². The number of hydrogen-bond acceptors (Lipinski definition) is 3. The van der Waals surface area contributed by atoms with Crippen molar-refractivity contribution in [1.82, 2.24) is 20.9 Å². The lowest BCUT2D eigenvalue weighted by Gasteiger charge is -2.28. The summed E-state index contributed by atoms with van der Waals surface area (Å²) < 4.78 is 0. The van der Waals surface area contributed by atoms with Crippen LogP contribution in [0.15, 0.2) is 60.7 Å². The summed E-state index contributed by atoms with van der Waals surface area (Å²) in [7, 11) is 0. The second kappa shape index (κ2) is 9.23. The quantitative estimate of drug-likeness (QED) is 0.519. The number of nitrogens with one attached hydrogen (secondary N) is 4. The number of carbonyl (C=O) groups excluding carboxylic acids is 2. The van der Waals surface area contributed by atoms with Gasteiger partial charge in [0.2, 0.25) is 0 Å². The monoisotopic (exact) mass is 393 g/mol. The number of amides is 3. The van der Waals surface area contributed by atoms with E-state index in [0.29, 0.717) is 26.1 Å². The van der Waals surface area contributed by atoms with Crippen molar-refractivity contribution < 1.29 is 9.59 Å². The number of carbonyl (C=O) groups is 2. The standard InChI is InChI=1S/C22H27N5O2/c1-2-24-21(29)25-15-9-10-16-27-19(28)22(26-20(27)23,17-11-5-3-6-12-17)18-13-7-4-8-14-18/h3-8,11-14H,2,9-10,15-16H2,1H3,(H2,23,26)(H2,24,25,29). The van der Waals surface area contributed by atoms with E-state index in [4.69, 9.17) is 5.41 Å². The molecule has 0 atom stereocenters. The van der Waals surface area contributed by atoms with Gasteiger partial charge in [0.25, 0.3) is 5.91 Å². The Kier molecular flexibility index (Phi) is 6.49. The minimum atomic E-state index is -1.10. The molecule has 0 spiro atoms. The Hall–Kier alpha value is -3.35. The van der Waals surface area contributed by atoms with E-state index < -0.39 is 5.54 Å². The fraction of sp³-hybridized carbons (Fsp3) is 0.318. The highest BCUT2D eigenvalue weighted by Crippen LogP contribution is 2.35. The molecule has 7 heteroatoms. The molecule has 3 amide bonds. The Morgan fingerprint density at radius 2 is 1.59 bits per heavy atom. The summed E-state index contributed by atoms with van der Waals surface area (Å²) in [5.74, 6) is -0.0593. The molecule has 29 heavy (non-hydrogen) atoms. The van der Waals surface area contributed by atoms with Gasteiger partial charge in [-0.3, -0.25) is 15.1 Å². The minimum Gasteiger partial charge on any atom is -0.338 e. The predicted octanol–water partition coefficient (Wildman–Crippen LogP) is 2.40. The van der Waals surface area contributed by atoms with E-state index in [1.807, 2.05) is 67.6 Å². The molecule has 2 aromatic rings. The second-order valence-electron chi connectivity index (χ2n) is 6.91. The molecule has 0 radical (unpaired) electrons. The highest BCUT2D eigenvalue weighted by atomic mass is 16.2. The highest BCUT2D eigenvalue weighted by molar-refractivity contribution is 6.10. The lowest BCUT2D eigenvalue weighted by atomic mass is 9.82. The first-order valence-corrected chi connectivity index (χ1v) is 9.91. The molecule has 1 saturated heterocycles. The lowest BCUT2D eigenvalue weighted by Crippen LogP contribution is -2.45. The minimum absolute atomic E-state index is 0.0967. The van der Waals surface area contributed by atoms with Crippen LogP contribution in [0.5, 0.6) is 0 Å². The van der Waals surface area contributed by atoms with Gasteiger partial charge in [-0.2, -0.15) is 0 Å². The molecular formula is C22H27N5O2. The SMILES string of the molecule is CCNC(=O)NCCCCN1C(=N)NC(c2ccccc2)(c2ccccc2)C1=O. The molecule has 1 aliphatic heterocycles.